The zero-order valence-electron chi connectivity index (χ0n) is 7.89. The third kappa shape index (κ3) is 0.964. The van der Waals surface area contributed by atoms with Crippen molar-refractivity contribution >= 4 is 0 Å². The summed E-state index contributed by atoms with van der Waals surface area (Å²) in [5.41, 5.74) is 0.119. The number of phenols is 2. The molecule has 0 spiro atoms. The summed E-state index contributed by atoms with van der Waals surface area (Å²) in [5.74, 6) is -1.12. The van der Waals surface area contributed by atoms with Crippen LogP contribution in [0.4, 0.5) is 0 Å². The minimum Gasteiger partial charge on any atom is -0.504 e. The van der Waals surface area contributed by atoms with Gasteiger partial charge >= 0.3 is 0 Å². The highest BCUT2D eigenvalue weighted by molar-refractivity contribution is 5.43. The van der Waals surface area contributed by atoms with Crippen molar-refractivity contribution in [1.82, 2.24) is 0 Å². The molecule has 0 heterocycles. The molecule has 2 N–H and O–H groups in total. The van der Waals surface area contributed by atoms with E-state index in [0.29, 0.717) is 0 Å². The number of hydrogen-bond acceptors (Lipinski definition) is 2. The van der Waals surface area contributed by atoms with Gasteiger partial charge < -0.3 is 10.2 Å². The van der Waals surface area contributed by atoms with E-state index in [4.69, 9.17) is 14.3 Å². The van der Waals surface area contributed by atoms with E-state index in [2.05, 4.69) is 0 Å². The molecule has 0 aromatic heterocycles. The monoisotopic (exact) mass is 127 g/mol. The van der Waals surface area contributed by atoms with E-state index in [1.54, 1.807) is 0 Å². The molecule has 1 aromatic carbocycles. The molecule has 0 aliphatic heterocycles. The molecule has 1 aromatic rings. The van der Waals surface area contributed by atoms with E-state index in [1.165, 1.54) is 6.92 Å². The predicted molar refractivity (Wildman–Crippen MR) is 34.5 cm³/mol. The van der Waals surface area contributed by atoms with Gasteiger partial charge in [0.25, 0.3) is 0 Å². The highest BCUT2D eigenvalue weighted by Crippen LogP contribution is 2.26. The Morgan fingerprint density at radius 1 is 1.44 bits per heavy atom. The minimum absolute atomic E-state index is 0.119. The molecule has 9 heavy (non-hydrogen) atoms. The largest absolute Gasteiger partial charge is 0.504 e. The van der Waals surface area contributed by atoms with Crippen LogP contribution in [-0.2, 0) is 0 Å². The van der Waals surface area contributed by atoms with Crippen molar-refractivity contribution in [3.63, 3.8) is 0 Å². The van der Waals surface area contributed by atoms with E-state index in [9.17, 15) is 0 Å². The number of hydrogen-bond donors (Lipinski definition) is 2. The molecule has 2 heteroatoms. The first-order valence-corrected chi connectivity index (χ1v) is 2.45. The molecular formula is C7H8O2. The van der Waals surface area contributed by atoms with Crippen LogP contribution < -0.4 is 0 Å². The van der Waals surface area contributed by atoms with Crippen molar-refractivity contribution in [2.75, 3.05) is 0 Å². The van der Waals surface area contributed by atoms with Gasteiger partial charge in [-0.05, 0) is 18.5 Å². The first-order chi connectivity index (χ1) is 5.46. The summed E-state index contributed by atoms with van der Waals surface area (Å²) in [6, 6.07) is -1.11. The van der Waals surface area contributed by atoms with Crippen LogP contribution in [0, 0.1) is 6.92 Å². The molecule has 0 bridgehead atoms. The second kappa shape index (κ2) is 1.97. The third-order valence-corrected chi connectivity index (χ3v) is 1.01. The Morgan fingerprint density at radius 2 is 2.11 bits per heavy atom. The third-order valence-electron chi connectivity index (χ3n) is 1.01. The lowest BCUT2D eigenvalue weighted by Gasteiger charge is -1.97. The Labute approximate surface area is 57.6 Å². The second-order valence-electron chi connectivity index (χ2n) is 1.70. The zero-order chi connectivity index (χ0) is 9.46. The van der Waals surface area contributed by atoms with Crippen molar-refractivity contribution in [3.8, 4) is 11.5 Å². The maximum Gasteiger partial charge on any atom is 0.160 e. The average Bonchev–Trinajstić information content (AvgIpc) is 2.08. The molecule has 2 nitrogen and oxygen atoms in total. The fraction of sp³-hybridized carbons (Fsp3) is 0.143. The molecule has 0 aliphatic rings. The van der Waals surface area contributed by atoms with Gasteiger partial charge in [-0.25, -0.2) is 0 Å². The van der Waals surface area contributed by atoms with Crippen molar-refractivity contribution in [1.29, 1.82) is 0 Å². The molecule has 0 aliphatic carbocycles. The number of aromatic hydroxyl groups is 2. The highest BCUT2D eigenvalue weighted by atomic mass is 16.3. The Bertz CT molecular complexity index is 231. The van der Waals surface area contributed by atoms with Gasteiger partial charge in [-0.2, -0.15) is 0 Å². The number of phenolic OH excluding ortho intramolecular Hbond substituents is 2. The van der Waals surface area contributed by atoms with Crippen LogP contribution >= 0.6 is 0 Å². The molecule has 0 saturated carbocycles. The first-order valence-electron chi connectivity index (χ1n) is 3.95. The van der Waals surface area contributed by atoms with Gasteiger partial charge in [0.15, 0.2) is 11.5 Å². The summed E-state index contributed by atoms with van der Waals surface area (Å²) in [7, 11) is 0. The first kappa shape index (κ1) is 3.11. The topological polar surface area (TPSA) is 40.5 Å². The van der Waals surface area contributed by atoms with Crippen LogP contribution in [0.15, 0.2) is 18.1 Å². The molecule has 0 unspecified atom stereocenters. The standard InChI is InChI=1S/C7H8O2/c1-5-3-2-4-6(8)7(5)9/h2-4,8-9H,1H3/i2D,3D,4D. The fourth-order valence-corrected chi connectivity index (χ4v) is 0.480. The lowest BCUT2D eigenvalue weighted by Crippen LogP contribution is -1.72. The molecule has 0 fully saturated rings. The van der Waals surface area contributed by atoms with Gasteiger partial charge in [-0.3, -0.25) is 0 Å². The molecule has 0 amide bonds. The van der Waals surface area contributed by atoms with E-state index in [0.717, 1.165) is 0 Å². The SMILES string of the molecule is [2H]c1c([2H])c(C)c(O)c(O)c1[2H]. The van der Waals surface area contributed by atoms with E-state index in [-0.39, 0.29) is 17.6 Å². The molecule has 0 saturated heterocycles. The summed E-state index contributed by atoms with van der Waals surface area (Å²) in [6.45, 7) is 1.41. The van der Waals surface area contributed by atoms with Gasteiger partial charge in [-0.1, -0.05) is 12.1 Å². The molecule has 0 atom stereocenters. The van der Waals surface area contributed by atoms with Crippen LogP contribution in [0.2, 0.25) is 0 Å². The summed E-state index contributed by atoms with van der Waals surface area (Å²) in [6.07, 6.45) is 0. The van der Waals surface area contributed by atoms with Crippen LogP contribution in [0.5, 0.6) is 11.5 Å². The maximum atomic E-state index is 9.12. The smallest absolute Gasteiger partial charge is 0.160 e. The normalized spacial score (nSPS) is 14.1. The highest BCUT2D eigenvalue weighted by Gasteiger charge is 1.98. The van der Waals surface area contributed by atoms with Gasteiger partial charge in [0, 0.05) is 0 Å². The molecule has 48 valence electrons. The van der Waals surface area contributed by atoms with E-state index < -0.39 is 17.5 Å². The van der Waals surface area contributed by atoms with Crippen molar-refractivity contribution < 1.29 is 14.3 Å². The van der Waals surface area contributed by atoms with E-state index in [1.807, 2.05) is 0 Å². The second-order valence-corrected chi connectivity index (χ2v) is 1.70. The molecule has 1 rings (SSSR count). The van der Waals surface area contributed by atoms with Crippen molar-refractivity contribution in [2.24, 2.45) is 0 Å². The van der Waals surface area contributed by atoms with Gasteiger partial charge in [0.2, 0.25) is 0 Å². The van der Waals surface area contributed by atoms with Crippen LogP contribution in [0.3, 0.4) is 0 Å². The Balaban J connectivity index is 3.60. The Hall–Kier alpha value is -1.18. The summed E-state index contributed by atoms with van der Waals surface area (Å²) in [5, 5.41) is 18.2. The summed E-state index contributed by atoms with van der Waals surface area (Å²) >= 11 is 0. The van der Waals surface area contributed by atoms with Gasteiger partial charge in [-0.15, -0.1) is 0 Å². The van der Waals surface area contributed by atoms with Crippen LogP contribution in [0.1, 0.15) is 9.68 Å². The van der Waals surface area contributed by atoms with Crippen molar-refractivity contribution in [3.05, 3.63) is 23.7 Å². The number of para-hydroxylation sites is 1. The van der Waals surface area contributed by atoms with Gasteiger partial charge in [0.1, 0.15) is 0 Å². The molecular weight excluding hydrogens is 116 g/mol. The lowest BCUT2D eigenvalue weighted by molar-refractivity contribution is 0.401. The van der Waals surface area contributed by atoms with Crippen LogP contribution in [0.25, 0.3) is 0 Å². The van der Waals surface area contributed by atoms with Crippen LogP contribution in [-0.4, -0.2) is 10.2 Å². The number of benzene rings is 1. The fourth-order valence-electron chi connectivity index (χ4n) is 0.480. The summed E-state index contributed by atoms with van der Waals surface area (Å²) < 4.78 is 21.5. The molecule has 0 radical (unpaired) electrons. The predicted octanol–water partition coefficient (Wildman–Crippen LogP) is 1.41. The lowest BCUT2D eigenvalue weighted by atomic mass is 10.2. The van der Waals surface area contributed by atoms with Gasteiger partial charge in [0.05, 0.1) is 4.11 Å². The minimum atomic E-state index is -0.631. The maximum absolute atomic E-state index is 9.12. The van der Waals surface area contributed by atoms with Crippen molar-refractivity contribution in [2.45, 2.75) is 6.92 Å². The quantitative estimate of drug-likeness (QED) is 0.517. The zero-order valence-corrected chi connectivity index (χ0v) is 4.89. The Morgan fingerprint density at radius 3 is 2.78 bits per heavy atom. The number of rotatable bonds is 0. The Kier molecular flexibility index (Phi) is 0.681. The average molecular weight is 127 g/mol. The summed E-state index contributed by atoms with van der Waals surface area (Å²) in [4.78, 5) is 0. The van der Waals surface area contributed by atoms with E-state index >= 15 is 0 Å².